The molecule has 10 nitrogen and oxygen atoms in total. The minimum absolute atomic E-state index is 0.0584. The number of aromatic amines is 1. The lowest BCUT2D eigenvalue weighted by atomic mass is 9.97. The van der Waals surface area contributed by atoms with Gasteiger partial charge in [-0.25, -0.2) is 4.79 Å². The number of carbonyl (C=O) groups excluding carboxylic acids is 3. The van der Waals surface area contributed by atoms with E-state index in [1.807, 2.05) is 0 Å². The average molecular weight is 486 g/mol. The molecule has 2 aliphatic rings. The van der Waals surface area contributed by atoms with Crippen LogP contribution in [0.15, 0.2) is 28.4 Å². The van der Waals surface area contributed by atoms with Crippen LogP contribution in [-0.4, -0.2) is 83.5 Å². The highest BCUT2D eigenvalue weighted by Crippen LogP contribution is 2.41. The first-order chi connectivity index (χ1) is 16.8. The van der Waals surface area contributed by atoms with Crippen LogP contribution < -0.4 is 0 Å². The molecule has 1 amide bonds. The molecule has 4 rings (SSSR count). The Labute approximate surface area is 203 Å². The van der Waals surface area contributed by atoms with Gasteiger partial charge in [0, 0.05) is 37.4 Å². The molecule has 35 heavy (non-hydrogen) atoms. The van der Waals surface area contributed by atoms with Crippen molar-refractivity contribution in [2.45, 2.75) is 33.2 Å². The zero-order valence-corrected chi connectivity index (χ0v) is 20.3. The molecule has 0 saturated carbocycles. The first kappa shape index (κ1) is 24.7. The number of rotatable bonds is 8. The lowest BCUT2D eigenvalue weighted by molar-refractivity contribution is -0.140. The fourth-order valence-corrected chi connectivity index (χ4v) is 4.79. The zero-order valence-electron chi connectivity index (χ0n) is 20.3. The quantitative estimate of drug-likeness (QED) is 0.253. The first-order valence-corrected chi connectivity index (χ1v) is 11.8. The van der Waals surface area contributed by atoms with Crippen LogP contribution in [0, 0.1) is 13.8 Å². The van der Waals surface area contributed by atoms with Crippen LogP contribution in [0.3, 0.4) is 0 Å². The van der Waals surface area contributed by atoms with Gasteiger partial charge < -0.3 is 28.9 Å². The lowest BCUT2D eigenvalue weighted by Gasteiger charge is -2.28. The summed E-state index contributed by atoms with van der Waals surface area (Å²) >= 11 is 0. The van der Waals surface area contributed by atoms with Gasteiger partial charge in [-0.1, -0.05) is 0 Å². The third-order valence-electron chi connectivity index (χ3n) is 6.48. The summed E-state index contributed by atoms with van der Waals surface area (Å²) in [6.07, 6.45) is 2.12. The number of hydrogen-bond acceptors (Lipinski definition) is 8. The summed E-state index contributed by atoms with van der Waals surface area (Å²) in [4.78, 5) is 45.3. The number of furan rings is 1. The first-order valence-electron chi connectivity index (χ1n) is 11.8. The minimum Gasteiger partial charge on any atom is -0.507 e. The van der Waals surface area contributed by atoms with E-state index in [0.29, 0.717) is 48.8 Å². The molecule has 4 heterocycles. The van der Waals surface area contributed by atoms with Gasteiger partial charge in [0.2, 0.25) is 0 Å². The van der Waals surface area contributed by atoms with Crippen molar-refractivity contribution < 1.29 is 33.4 Å². The van der Waals surface area contributed by atoms with Gasteiger partial charge in [-0.3, -0.25) is 14.5 Å². The van der Waals surface area contributed by atoms with E-state index in [-0.39, 0.29) is 23.6 Å². The number of nitrogens with zero attached hydrogens (tertiary/aromatic N) is 2. The van der Waals surface area contributed by atoms with E-state index in [0.717, 1.165) is 19.6 Å². The number of ketones is 1. The molecule has 1 atom stereocenters. The standard InChI is InChI=1S/C25H31N3O7/c1-4-34-25(32)20-15(2)18(16(3)26-20)22(29)19-21(17-7-5-12-35-17)28(24(31)23(19)30)9-6-8-27-10-13-33-14-11-27/h5,7,12,21,26,29H,4,6,8-11,13-14H2,1-3H3/b22-19+/t21-/m0/s1. The van der Waals surface area contributed by atoms with Crippen molar-refractivity contribution in [2.24, 2.45) is 0 Å². The molecule has 0 unspecified atom stereocenters. The number of esters is 1. The van der Waals surface area contributed by atoms with Crippen molar-refractivity contribution in [3.63, 3.8) is 0 Å². The van der Waals surface area contributed by atoms with Gasteiger partial charge in [0.05, 0.1) is 31.7 Å². The molecule has 2 fully saturated rings. The Morgan fingerprint density at radius 1 is 1.23 bits per heavy atom. The monoisotopic (exact) mass is 485 g/mol. The maximum absolute atomic E-state index is 13.2. The summed E-state index contributed by atoms with van der Waals surface area (Å²) in [5, 5.41) is 11.4. The average Bonchev–Trinajstić information content (AvgIpc) is 3.53. The van der Waals surface area contributed by atoms with Crippen LogP contribution >= 0.6 is 0 Å². The Morgan fingerprint density at radius 3 is 2.63 bits per heavy atom. The van der Waals surface area contributed by atoms with Gasteiger partial charge in [0.15, 0.2) is 0 Å². The van der Waals surface area contributed by atoms with Crippen molar-refractivity contribution >= 4 is 23.4 Å². The second-order valence-electron chi connectivity index (χ2n) is 8.66. The summed E-state index contributed by atoms with van der Waals surface area (Å²) in [5.74, 6) is -1.99. The molecule has 2 aliphatic heterocycles. The van der Waals surface area contributed by atoms with Crippen LogP contribution in [0.2, 0.25) is 0 Å². The molecular formula is C25H31N3O7. The number of aryl methyl sites for hydroxylation is 1. The highest BCUT2D eigenvalue weighted by atomic mass is 16.5. The van der Waals surface area contributed by atoms with E-state index in [2.05, 4.69) is 9.88 Å². The molecule has 2 N–H and O–H groups in total. The third kappa shape index (κ3) is 4.76. The van der Waals surface area contributed by atoms with Gasteiger partial charge in [-0.05, 0) is 44.9 Å². The number of aromatic nitrogens is 1. The van der Waals surface area contributed by atoms with E-state index < -0.39 is 23.7 Å². The van der Waals surface area contributed by atoms with Crippen molar-refractivity contribution in [2.75, 3.05) is 46.0 Å². The number of Topliss-reactive ketones (excluding diaryl/α,β-unsaturated/α-hetero) is 1. The number of aliphatic hydroxyl groups excluding tert-OH is 1. The minimum atomic E-state index is -0.866. The molecular weight excluding hydrogens is 454 g/mol. The van der Waals surface area contributed by atoms with E-state index >= 15 is 0 Å². The van der Waals surface area contributed by atoms with Crippen LogP contribution in [-0.2, 0) is 19.1 Å². The number of amides is 1. The molecule has 2 aromatic rings. The molecule has 10 heteroatoms. The third-order valence-corrected chi connectivity index (χ3v) is 6.48. The van der Waals surface area contributed by atoms with E-state index in [1.165, 1.54) is 11.2 Å². The molecule has 0 radical (unpaired) electrons. The van der Waals surface area contributed by atoms with Crippen molar-refractivity contribution in [3.8, 4) is 0 Å². The topological polar surface area (TPSA) is 125 Å². The second kappa shape index (κ2) is 10.5. The molecule has 2 saturated heterocycles. The predicted octanol–water partition coefficient (Wildman–Crippen LogP) is 2.55. The van der Waals surface area contributed by atoms with Crippen LogP contribution in [0.25, 0.3) is 5.76 Å². The Kier molecular flexibility index (Phi) is 7.42. The Bertz CT molecular complexity index is 1130. The smallest absolute Gasteiger partial charge is 0.355 e. The molecule has 0 aliphatic carbocycles. The number of nitrogens with one attached hydrogen (secondary N) is 1. The number of carbonyl (C=O) groups is 3. The van der Waals surface area contributed by atoms with Crippen LogP contribution in [0.4, 0.5) is 0 Å². The molecule has 0 bridgehead atoms. The SMILES string of the molecule is CCOC(=O)c1[nH]c(C)c(/C(O)=C2\C(=O)C(=O)N(CCCN3CCOCC3)[C@H]2c2ccco2)c1C. The summed E-state index contributed by atoms with van der Waals surface area (Å²) in [7, 11) is 0. The van der Waals surface area contributed by atoms with Gasteiger partial charge in [-0.2, -0.15) is 0 Å². The second-order valence-corrected chi connectivity index (χ2v) is 8.66. The highest BCUT2D eigenvalue weighted by molar-refractivity contribution is 6.46. The summed E-state index contributed by atoms with van der Waals surface area (Å²) < 4.78 is 16.1. The van der Waals surface area contributed by atoms with Crippen molar-refractivity contribution in [1.82, 2.24) is 14.8 Å². The molecule has 188 valence electrons. The molecule has 0 aromatic carbocycles. The fourth-order valence-electron chi connectivity index (χ4n) is 4.79. The fraction of sp³-hybridized carbons (Fsp3) is 0.480. The maximum atomic E-state index is 13.2. The van der Waals surface area contributed by atoms with Crippen molar-refractivity contribution in [3.05, 3.63) is 52.2 Å². The number of likely N-dealkylation sites (tertiary alicyclic amines) is 1. The van der Waals surface area contributed by atoms with Gasteiger partial charge in [0.25, 0.3) is 11.7 Å². The number of hydrogen-bond donors (Lipinski definition) is 2. The van der Waals surface area contributed by atoms with E-state index in [1.54, 1.807) is 32.9 Å². The molecule has 0 spiro atoms. The number of morpholine rings is 1. The predicted molar refractivity (Wildman–Crippen MR) is 126 cm³/mol. The van der Waals surface area contributed by atoms with Gasteiger partial charge >= 0.3 is 5.97 Å². The van der Waals surface area contributed by atoms with Gasteiger partial charge in [-0.15, -0.1) is 0 Å². The summed E-state index contributed by atoms with van der Waals surface area (Å²) in [5.41, 5.74) is 1.36. The zero-order chi connectivity index (χ0) is 25.1. The highest BCUT2D eigenvalue weighted by Gasteiger charge is 2.47. The number of aliphatic hydroxyl groups is 1. The van der Waals surface area contributed by atoms with E-state index in [9.17, 15) is 19.5 Å². The largest absolute Gasteiger partial charge is 0.507 e. The van der Waals surface area contributed by atoms with Gasteiger partial charge in [0.1, 0.15) is 23.3 Å². The van der Waals surface area contributed by atoms with Crippen molar-refractivity contribution in [1.29, 1.82) is 0 Å². The Balaban J connectivity index is 1.68. The van der Waals surface area contributed by atoms with Crippen LogP contribution in [0.1, 0.15) is 52.5 Å². The molecule has 2 aromatic heterocycles. The maximum Gasteiger partial charge on any atom is 0.355 e. The Morgan fingerprint density at radius 2 is 1.97 bits per heavy atom. The Hall–Kier alpha value is -3.37. The normalized spacial score (nSPS) is 20.5. The number of ether oxygens (including phenoxy) is 2. The van der Waals surface area contributed by atoms with Crippen LogP contribution in [0.5, 0.6) is 0 Å². The summed E-state index contributed by atoms with van der Waals surface area (Å²) in [6.45, 7) is 9.35. The lowest BCUT2D eigenvalue weighted by Crippen LogP contribution is -2.38. The number of H-pyrrole nitrogens is 1. The van der Waals surface area contributed by atoms with E-state index in [4.69, 9.17) is 13.9 Å². The summed E-state index contributed by atoms with van der Waals surface area (Å²) in [6, 6.07) is 2.49.